The molecule has 0 aromatic heterocycles. The van der Waals surface area contributed by atoms with Crippen molar-refractivity contribution in [1.82, 2.24) is 4.90 Å². The summed E-state index contributed by atoms with van der Waals surface area (Å²) in [7, 11) is 1.31. The van der Waals surface area contributed by atoms with Crippen LogP contribution in [0.3, 0.4) is 0 Å². The van der Waals surface area contributed by atoms with Crippen LogP contribution in [0, 0.1) is 5.92 Å². The zero-order valence-electron chi connectivity index (χ0n) is 12.3. The first-order chi connectivity index (χ1) is 8.40. The third kappa shape index (κ3) is 11.4. The Labute approximate surface area is 111 Å². The Hall–Kier alpha value is -1.10. The van der Waals surface area contributed by atoms with E-state index in [9.17, 15) is 4.79 Å². The Balaban J connectivity index is 0. The van der Waals surface area contributed by atoms with Crippen molar-refractivity contribution < 1.29 is 14.3 Å². The Morgan fingerprint density at radius 3 is 1.89 bits per heavy atom. The van der Waals surface area contributed by atoms with Crippen molar-refractivity contribution in [2.45, 2.75) is 52.6 Å². The lowest BCUT2D eigenvalue weighted by molar-refractivity contribution is -0.126. The number of methoxy groups -OCH3 is 1. The van der Waals surface area contributed by atoms with Crippen molar-refractivity contribution in [3.05, 3.63) is 0 Å². The van der Waals surface area contributed by atoms with Gasteiger partial charge in [0.2, 0.25) is 6.41 Å². The monoisotopic (exact) mass is 260 g/mol. The van der Waals surface area contributed by atoms with Crippen LogP contribution in [0.15, 0.2) is 0 Å². The smallest absolute Gasteiger partial charge is 0.292 e. The van der Waals surface area contributed by atoms with Gasteiger partial charge in [-0.3, -0.25) is 9.59 Å². The van der Waals surface area contributed by atoms with Gasteiger partial charge in [0.1, 0.15) is 0 Å². The second kappa shape index (κ2) is 12.4. The average Bonchev–Trinajstić information content (AvgIpc) is 2.75. The predicted octanol–water partition coefficient (Wildman–Crippen LogP) is 1.41. The van der Waals surface area contributed by atoms with E-state index in [0.717, 1.165) is 13.0 Å². The number of ether oxygens (including phenoxy) is 1. The van der Waals surface area contributed by atoms with E-state index in [0.29, 0.717) is 24.5 Å². The van der Waals surface area contributed by atoms with Gasteiger partial charge in [0.25, 0.3) is 6.47 Å². The zero-order chi connectivity index (χ0) is 14.6. The number of nitrogens with zero attached hydrogens (tertiary/aromatic N) is 1. The van der Waals surface area contributed by atoms with Gasteiger partial charge in [-0.2, -0.15) is 0 Å². The number of carbonyl (C=O) groups is 2. The summed E-state index contributed by atoms with van der Waals surface area (Å²) in [5.74, 6) is 0.630. The van der Waals surface area contributed by atoms with Crippen molar-refractivity contribution in [2.75, 3.05) is 13.7 Å². The summed E-state index contributed by atoms with van der Waals surface area (Å²) in [6.45, 7) is 9.67. The highest BCUT2D eigenvalue weighted by Crippen LogP contribution is 2.12. The van der Waals surface area contributed by atoms with Crippen LogP contribution in [0.4, 0.5) is 0 Å². The molecule has 1 amide bonds. The quantitative estimate of drug-likeness (QED) is 0.779. The molecule has 0 saturated carbocycles. The van der Waals surface area contributed by atoms with Crippen molar-refractivity contribution in [1.29, 1.82) is 0 Å². The molecule has 0 aliphatic carbocycles. The largest absolute Gasteiger partial charge is 0.471 e. The van der Waals surface area contributed by atoms with E-state index in [-0.39, 0.29) is 0 Å². The molecule has 0 aromatic rings. The van der Waals surface area contributed by atoms with Crippen molar-refractivity contribution in [3.63, 3.8) is 0 Å². The maximum Gasteiger partial charge on any atom is 0.292 e. The molecular weight excluding hydrogens is 232 g/mol. The van der Waals surface area contributed by atoms with Gasteiger partial charge in [0, 0.05) is 18.6 Å². The summed E-state index contributed by atoms with van der Waals surface area (Å²) < 4.78 is 3.86. The molecule has 5 heteroatoms. The molecule has 2 N–H and O–H groups in total. The SMILES string of the molecule is CC(C)C(C)N.CC1CCCN1C=O.COC=O. The van der Waals surface area contributed by atoms with E-state index in [1.54, 1.807) is 0 Å². The van der Waals surface area contributed by atoms with E-state index in [1.165, 1.54) is 20.0 Å². The van der Waals surface area contributed by atoms with Crippen molar-refractivity contribution in [3.8, 4) is 0 Å². The Morgan fingerprint density at radius 2 is 1.78 bits per heavy atom. The topological polar surface area (TPSA) is 72.6 Å². The maximum atomic E-state index is 10.1. The molecule has 108 valence electrons. The number of carbonyl (C=O) groups excluding carboxylic acids is 2. The van der Waals surface area contributed by atoms with Gasteiger partial charge in [-0.05, 0) is 32.6 Å². The van der Waals surface area contributed by atoms with Crippen LogP contribution < -0.4 is 5.73 Å². The lowest BCUT2D eigenvalue weighted by Crippen LogP contribution is -2.24. The molecule has 1 saturated heterocycles. The highest BCUT2D eigenvalue weighted by Gasteiger charge is 2.16. The fourth-order valence-electron chi connectivity index (χ4n) is 1.11. The second-order valence-corrected chi connectivity index (χ2v) is 4.77. The van der Waals surface area contributed by atoms with Crippen molar-refractivity contribution in [2.24, 2.45) is 11.7 Å². The summed E-state index contributed by atoms with van der Waals surface area (Å²) in [5.41, 5.74) is 5.44. The lowest BCUT2D eigenvalue weighted by Gasteiger charge is -2.13. The third-order valence-corrected chi connectivity index (χ3v) is 2.89. The number of hydrogen-bond donors (Lipinski definition) is 1. The molecule has 5 nitrogen and oxygen atoms in total. The summed E-state index contributed by atoms with van der Waals surface area (Å²) >= 11 is 0. The van der Waals surface area contributed by atoms with Crippen LogP contribution in [0.5, 0.6) is 0 Å². The minimum atomic E-state index is 0.352. The Kier molecular flexibility index (Phi) is 13.2. The predicted molar refractivity (Wildman–Crippen MR) is 73.0 cm³/mol. The molecular formula is C13H28N2O3. The molecule has 1 fully saturated rings. The summed E-state index contributed by atoms with van der Waals surface area (Å²) in [6.07, 6.45) is 3.30. The van der Waals surface area contributed by atoms with Crippen molar-refractivity contribution >= 4 is 12.9 Å². The van der Waals surface area contributed by atoms with Gasteiger partial charge in [0.15, 0.2) is 0 Å². The first-order valence-electron chi connectivity index (χ1n) is 6.33. The van der Waals surface area contributed by atoms with Crippen LogP contribution in [-0.4, -0.2) is 43.5 Å². The van der Waals surface area contributed by atoms with Gasteiger partial charge < -0.3 is 15.4 Å². The van der Waals surface area contributed by atoms with Crippen LogP contribution in [0.2, 0.25) is 0 Å². The van der Waals surface area contributed by atoms with Gasteiger partial charge in [-0.15, -0.1) is 0 Å². The van der Waals surface area contributed by atoms with Crippen LogP contribution in [0.25, 0.3) is 0 Å². The standard InChI is InChI=1S/C6H11NO.C5H13N.C2H4O2/c1-6-3-2-4-7(6)5-8;1-4(2)5(3)6;1-4-2-3/h5-6H,2-4H2,1H3;4-5H,6H2,1-3H3;2H,1H3. The fraction of sp³-hybridized carbons (Fsp3) is 0.846. The minimum Gasteiger partial charge on any atom is -0.471 e. The highest BCUT2D eigenvalue weighted by atomic mass is 16.5. The van der Waals surface area contributed by atoms with E-state index in [1.807, 2.05) is 11.8 Å². The highest BCUT2D eigenvalue weighted by molar-refractivity contribution is 5.48. The maximum absolute atomic E-state index is 10.1. The van der Waals surface area contributed by atoms with Crippen LogP contribution in [0.1, 0.15) is 40.5 Å². The fourth-order valence-corrected chi connectivity index (χ4v) is 1.11. The average molecular weight is 260 g/mol. The molecule has 0 spiro atoms. The van der Waals surface area contributed by atoms with Gasteiger partial charge in [0.05, 0.1) is 7.11 Å². The van der Waals surface area contributed by atoms with Gasteiger partial charge >= 0.3 is 0 Å². The summed E-state index contributed by atoms with van der Waals surface area (Å²) in [5, 5.41) is 0. The number of amides is 1. The molecule has 0 bridgehead atoms. The first kappa shape index (κ1) is 19.2. The molecule has 2 atom stereocenters. The zero-order valence-corrected chi connectivity index (χ0v) is 12.3. The van der Waals surface area contributed by atoms with E-state index in [4.69, 9.17) is 10.5 Å². The Morgan fingerprint density at radius 1 is 1.33 bits per heavy atom. The van der Waals surface area contributed by atoms with E-state index < -0.39 is 0 Å². The molecule has 1 heterocycles. The van der Waals surface area contributed by atoms with E-state index >= 15 is 0 Å². The number of hydrogen-bond acceptors (Lipinski definition) is 4. The first-order valence-corrected chi connectivity index (χ1v) is 6.33. The summed E-state index contributed by atoms with van der Waals surface area (Å²) in [6, 6.07) is 0.845. The van der Waals surface area contributed by atoms with E-state index in [2.05, 4.69) is 25.5 Å². The molecule has 0 radical (unpaired) electrons. The lowest BCUT2D eigenvalue weighted by atomic mass is 10.1. The molecule has 1 aliphatic rings. The van der Waals surface area contributed by atoms with Gasteiger partial charge in [-0.25, -0.2) is 0 Å². The molecule has 1 rings (SSSR count). The minimum absolute atomic E-state index is 0.352. The normalized spacial score (nSPS) is 19.1. The second-order valence-electron chi connectivity index (χ2n) is 4.77. The van der Waals surface area contributed by atoms with Crippen LogP contribution in [-0.2, 0) is 14.3 Å². The third-order valence-electron chi connectivity index (χ3n) is 2.89. The Bertz CT molecular complexity index is 202. The molecule has 18 heavy (non-hydrogen) atoms. The number of likely N-dealkylation sites (tertiary alicyclic amines) is 1. The van der Waals surface area contributed by atoms with Gasteiger partial charge in [-0.1, -0.05) is 13.8 Å². The summed E-state index contributed by atoms with van der Waals surface area (Å²) in [4.78, 5) is 20.9. The number of rotatable bonds is 3. The number of nitrogens with two attached hydrogens (primary N) is 1. The van der Waals surface area contributed by atoms with Crippen LogP contribution >= 0.6 is 0 Å². The molecule has 1 aliphatic heterocycles. The molecule has 2 unspecified atom stereocenters. The molecule has 0 aromatic carbocycles.